The molecule has 0 saturated carbocycles. The number of rotatable bonds is 2. The number of nitrogens with one attached hydrogen (secondary N) is 1. The quantitative estimate of drug-likeness (QED) is 0.842. The summed E-state index contributed by atoms with van der Waals surface area (Å²) >= 11 is 5.93. The summed E-state index contributed by atoms with van der Waals surface area (Å²) < 4.78 is 4.75. The molecular formula is C16H20ClN3O3. The fourth-order valence-corrected chi connectivity index (χ4v) is 3.45. The Morgan fingerprint density at radius 1 is 1.30 bits per heavy atom. The molecule has 2 fully saturated rings. The molecule has 0 radical (unpaired) electrons. The number of carbonyl (C=O) groups is 2. The minimum absolute atomic E-state index is 0.191. The third kappa shape index (κ3) is 3.43. The normalized spacial score (nSPS) is 21.0. The van der Waals surface area contributed by atoms with Crippen molar-refractivity contribution in [1.82, 2.24) is 9.80 Å². The monoisotopic (exact) mass is 337 g/mol. The summed E-state index contributed by atoms with van der Waals surface area (Å²) in [7, 11) is 1.30. The Labute approximate surface area is 140 Å². The number of nitrogens with zero attached hydrogens (tertiary/aromatic N) is 2. The lowest BCUT2D eigenvalue weighted by molar-refractivity contribution is 0.0602. The van der Waals surface area contributed by atoms with Gasteiger partial charge in [-0.15, -0.1) is 0 Å². The standard InChI is InChI=1S/C16H20ClN3O3/c1-23-15(21)13-9-11(17)4-5-14(13)18-16(22)20-8-7-19-6-2-3-12(19)10-20/h4-5,9,12H,2-3,6-8,10H2,1H3,(H,18,22)/t12-/m0/s1. The molecule has 1 N–H and O–H groups in total. The van der Waals surface area contributed by atoms with Crippen LogP contribution in [0.2, 0.25) is 5.02 Å². The zero-order valence-electron chi connectivity index (χ0n) is 13.0. The highest BCUT2D eigenvalue weighted by atomic mass is 35.5. The number of hydrogen-bond acceptors (Lipinski definition) is 4. The number of halogens is 1. The Hall–Kier alpha value is -1.79. The van der Waals surface area contributed by atoms with Crippen molar-refractivity contribution in [3.63, 3.8) is 0 Å². The Morgan fingerprint density at radius 2 is 2.13 bits per heavy atom. The van der Waals surface area contributed by atoms with E-state index in [1.807, 2.05) is 4.90 Å². The summed E-state index contributed by atoms with van der Waals surface area (Å²) in [5.74, 6) is -0.525. The molecule has 2 aliphatic heterocycles. The van der Waals surface area contributed by atoms with Gasteiger partial charge in [-0.2, -0.15) is 0 Å². The van der Waals surface area contributed by atoms with Crippen LogP contribution in [-0.4, -0.2) is 61.1 Å². The minimum Gasteiger partial charge on any atom is -0.465 e. The summed E-state index contributed by atoms with van der Waals surface area (Å²) in [4.78, 5) is 28.6. The molecular weight excluding hydrogens is 318 g/mol. The molecule has 1 atom stereocenters. The predicted molar refractivity (Wildman–Crippen MR) is 88.0 cm³/mol. The van der Waals surface area contributed by atoms with Crippen molar-refractivity contribution in [2.45, 2.75) is 18.9 Å². The van der Waals surface area contributed by atoms with Gasteiger partial charge >= 0.3 is 12.0 Å². The maximum atomic E-state index is 12.5. The number of hydrogen-bond donors (Lipinski definition) is 1. The van der Waals surface area contributed by atoms with Crippen LogP contribution in [0.15, 0.2) is 18.2 Å². The number of anilines is 1. The lowest BCUT2D eigenvalue weighted by atomic mass is 10.1. The topological polar surface area (TPSA) is 61.9 Å². The van der Waals surface area contributed by atoms with Crippen LogP contribution in [-0.2, 0) is 4.74 Å². The van der Waals surface area contributed by atoms with Crippen LogP contribution in [0, 0.1) is 0 Å². The zero-order chi connectivity index (χ0) is 16.4. The van der Waals surface area contributed by atoms with Crippen LogP contribution in [0.25, 0.3) is 0 Å². The number of esters is 1. The zero-order valence-corrected chi connectivity index (χ0v) is 13.8. The fraction of sp³-hybridized carbons (Fsp3) is 0.500. The van der Waals surface area contributed by atoms with Crippen LogP contribution in [0.3, 0.4) is 0 Å². The second-order valence-corrected chi connectivity index (χ2v) is 6.33. The van der Waals surface area contributed by atoms with Crippen molar-refractivity contribution in [2.75, 3.05) is 38.6 Å². The molecule has 0 bridgehead atoms. The Kier molecular flexibility index (Phi) is 4.73. The molecule has 1 aromatic rings. The average molecular weight is 338 g/mol. The van der Waals surface area contributed by atoms with Crippen molar-refractivity contribution in [3.8, 4) is 0 Å². The highest BCUT2D eigenvalue weighted by Gasteiger charge is 2.32. The first kappa shape index (κ1) is 16.1. The largest absolute Gasteiger partial charge is 0.465 e. The Morgan fingerprint density at radius 3 is 2.91 bits per heavy atom. The van der Waals surface area contributed by atoms with Gasteiger partial charge in [0.05, 0.1) is 18.4 Å². The second kappa shape index (κ2) is 6.76. The molecule has 0 spiro atoms. The first-order valence-corrected chi connectivity index (χ1v) is 8.14. The SMILES string of the molecule is COC(=O)c1cc(Cl)ccc1NC(=O)N1CCN2CCC[C@H]2C1. The van der Waals surface area contributed by atoms with Crippen LogP contribution in [0.5, 0.6) is 0 Å². The molecule has 6 nitrogen and oxygen atoms in total. The molecule has 0 aliphatic carbocycles. The van der Waals surface area contributed by atoms with Crippen molar-refractivity contribution < 1.29 is 14.3 Å². The Balaban J connectivity index is 1.71. The molecule has 2 amide bonds. The van der Waals surface area contributed by atoms with E-state index in [1.165, 1.54) is 19.6 Å². The van der Waals surface area contributed by atoms with Crippen LogP contribution in [0.4, 0.5) is 10.5 Å². The van der Waals surface area contributed by atoms with Crippen molar-refractivity contribution in [2.24, 2.45) is 0 Å². The summed E-state index contributed by atoms with van der Waals surface area (Å²) in [6, 6.07) is 5.03. The van der Waals surface area contributed by atoms with Gasteiger partial charge in [0.2, 0.25) is 0 Å². The molecule has 124 valence electrons. The van der Waals surface area contributed by atoms with Gasteiger partial charge in [-0.25, -0.2) is 9.59 Å². The van der Waals surface area contributed by atoms with Crippen LogP contribution >= 0.6 is 11.6 Å². The van der Waals surface area contributed by atoms with Gasteiger partial charge < -0.3 is 15.0 Å². The average Bonchev–Trinajstić information content (AvgIpc) is 3.03. The number of amides is 2. The molecule has 3 rings (SSSR count). The van der Waals surface area contributed by atoms with E-state index in [-0.39, 0.29) is 11.6 Å². The van der Waals surface area contributed by atoms with Gasteiger partial charge in [0.25, 0.3) is 0 Å². The van der Waals surface area contributed by atoms with Crippen molar-refractivity contribution >= 4 is 29.3 Å². The van der Waals surface area contributed by atoms with E-state index in [1.54, 1.807) is 12.1 Å². The van der Waals surface area contributed by atoms with E-state index < -0.39 is 5.97 Å². The minimum atomic E-state index is -0.525. The highest BCUT2D eigenvalue weighted by molar-refractivity contribution is 6.31. The number of urea groups is 1. The fourth-order valence-electron chi connectivity index (χ4n) is 3.27. The van der Waals surface area contributed by atoms with E-state index in [2.05, 4.69) is 10.2 Å². The van der Waals surface area contributed by atoms with Gasteiger partial charge in [-0.1, -0.05) is 11.6 Å². The lowest BCUT2D eigenvalue weighted by Crippen LogP contribution is -2.53. The lowest BCUT2D eigenvalue weighted by Gasteiger charge is -2.37. The summed E-state index contributed by atoms with van der Waals surface area (Å²) in [5, 5.41) is 3.23. The van der Waals surface area contributed by atoms with E-state index in [0.29, 0.717) is 23.3 Å². The summed E-state index contributed by atoms with van der Waals surface area (Å²) in [6.07, 6.45) is 2.34. The maximum absolute atomic E-state index is 12.5. The van der Waals surface area contributed by atoms with Crippen LogP contribution in [0.1, 0.15) is 23.2 Å². The molecule has 2 saturated heterocycles. The number of methoxy groups -OCH3 is 1. The van der Waals surface area contributed by atoms with E-state index in [9.17, 15) is 9.59 Å². The molecule has 23 heavy (non-hydrogen) atoms. The van der Waals surface area contributed by atoms with Crippen LogP contribution < -0.4 is 5.32 Å². The van der Waals surface area contributed by atoms with E-state index in [0.717, 1.165) is 26.1 Å². The number of ether oxygens (including phenoxy) is 1. The predicted octanol–water partition coefficient (Wildman–Crippen LogP) is 2.44. The second-order valence-electron chi connectivity index (χ2n) is 5.89. The maximum Gasteiger partial charge on any atom is 0.340 e. The first-order chi connectivity index (χ1) is 11.1. The van der Waals surface area contributed by atoms with Gasteiger partial charge in [0, 0.05) is 30.7 Å². The van der Waals surface area contributed by atoms with Crippen molar-refractivity contribution in [1.29, 1.82) is 0 Å². The molecule has 7 heteroatoms. The molecule has 0 aromatic heterocycles. The number of fused-ring (bicyclic) bond motifs is 1. The van der Waals surface area contributed by atoms with E-state index >= 15 is 0 Å². The highest BCUT2D eigenvalue weighted by Crippen LogP contribution is 2.24. The molecule has 2 aliphatic rings. The van der Waals surface area contributed by atoms with E-state index in [4.69, 9.17) is 16.3 Å². The molecule has 2 heterocycles. The number of piperazine rings is 1. The third-order valence-electron chi connectivity index (χ3n) is 4.50. The summed E-state index contributed by atoms with van der Waals surface area (Å²) in [5.41, 5.74) is 0.674. The van der Waals surface area contributed by atoms with Gasteiger partial charge in [-0.05, 0) is 37.6 Å². The van der Waals surface area contributed by atoms with Gasteiger partial charge in [0.1, 0.15) is 0 Å². The van der Waals surface area contributed by atoms with Crippen molar-refractivity contribution in [3.05, 3.63) is 28.8 Å². The smallest absolute Gasteiger partial charge is 0.340 e. The number of carbonyl (C=O) groups excluding carboxylic acids is 2. The van der Waals surface area contributed by atoms with Gasteiger partial charge in [-0.3, -0.25) is 4.90 Å². The van der Waals surface area contributed by atoms with Gasteiger partial charge in [0.15, 0.2) is 0 Å². The number of benzene rings is 1. The molecule has 1 aromatic carbocycles. The third-order valence-corrected chi connectivity index (χ3v) is 4.74. The Bertz CT molecular complexity index is 623. The first-order valence-electron chi connectivity index (χ1n) is 7.76. The molecule has 0 unspecified atom stereocenters. The summed E-state index contributed by atoms with van der Waals surface area (Å²) in [6.45, 7) is 3.46.